The van der Waals surface area contributed by atoms with Gasteiger partial charge in [-0.05, 0) is 71.5 Å². The molecular weight excluding hydrogens is 586 g/mol. The maximum atomic E-state index is 13.0. The Balaban J connectivity index is 0.00000188. The number of nitrogens with zero attached hydrogens (tertiary/aromatic N) is 1. The summed E-state index contributed by atoms with van der Waals surface area (Å²) in [6.07, 6.45) is 2.65. The number of carbonyl (C=O) groups is 3. The first-order valence-corrected chi connectivity index (χ1v) is 15.2. The zero-order chi connectivity index (χ0) is 31.2. The van der Waals surface area contributed by atoms with Crippen molar-refractivity contribution >= 4 is 30.3 Å². The molecule has 2 aliphatic heterocycles. The third kappa shape index (κ3) is 7.13. The van der Waals surface area contributed by atoms with Crippen LogP contribution < -0.4 is 4.74 Å². The highest BCUT2D eigenvalue weighted by atomic mass is 35.5. The summed E-state index contributed by atoms with van der Waals surface area (Å²) in [5.74, 6) is 0.175. The molecule has 44 heavy (non-hydrogen) atoms. The van der Waals surface area contributed by atoms with Crippen LogP contribution in [0, 0.1) is 0 Å². The van der Waals surface area contributed by atoms with Gasteiger partial charge in [-0.15, -0.1) is 0 Å². The molecule has 10 heteroatoms. The lowest BCUT2D eigenvalue weighted by Gasteiger charge is -2.31. The van der Waals surface area contributed by atoms with Crippen molar-refractivity contribution in [2.24, 2.45) is 0 Å². The van der Waals surface area contributed by atoms with Crippen LogP contribution in [0.25, 0.3) is 11.1 Å². The van der Waals surface area contributed by atoms with Gasteiger partial charge in [-0.2, -0.15) is 0 Å². The lowest BCUT2D eigenvalue weighted by atomic mass is 10.0. The van der Waals surface area contributed by atoms with Crippen LogP contribution in [0.15, 0.2) is 60.7 Å². The molecule has 3 atom stereocenters. The van der Waals surface area contributed by atoms with E-state index in [1.165, 1.54) is 12.8 Å². The molecule has 3 aromatic rings. The molecule has 0 aromatic heterocycles. The van der Waals surface area contributed by atoms with Crippen LogP contribution in [-0.4, -0.2) is 64.9 Å². The summed E-state index contributed by atoms with van der Waals surface area (Å²) in [6, 6.07) is 19.0. The number of rotatable bonds is 8. The van der Waals surface area contributed by atoms with Gasteiger partial charge in [0, 0.05) is 31.0 Å². The number of ether oxygens (including phenoxy) is 3. The summed E-state index contributed by atoms with van der Waals surface area (Å²) in [5.41, 5.74) is 4.55. The topological polar surface area (TPSA) is 123 Å². The van der Waals surface area contributed by atoms with E-state index in [0.717, 1.165) is 46.4 Å². The summed E-state index contributed by atoms with van der Waals surface area (Å²) in [6.45, 7) is 2.71. The van der Waals surface area contributed by atoms with Gasteiger partial charge in [0.25, 0.3) is 5.91 Å². The molecule has 0 radical (unpaired) electrons. The molecule has 9 nitrogen and oxygen atoms in total. The highest BCUT2D eigenvalue weighted by molar-refractivity contribution is 6.33. The van der Waals surface area contributed by atoms with Crippen LogP contribution in [-0.2, 0) is 27.4 Å². The number of hydrogen-bond donors (Lipinski definition) is 2. The van der Waals surface area contributed by atoms with Gasteiger partial charge in [-0.3, -0.25) is 4.79 Å². The van der Waals surface area contributed by atoms with Crippen molar-refractivity contribution in [2.45, 2.75) is 76.2 Å². The summed E-state index contributed by atoms with van der Waals surface area (Å²) in [7, 11) is 0. The first-order chi connectivity index (χ1) is 21.4. The van der Waals surface area contributed by atoms with E-state index < -0.39 is 24.5 Å². The normalized spacial score (nSPS) is 21.4. The van der Waals surface area contributed by atoms with Gasteiger partial charge in [0.15, 0.2) is 0 Å². The van der Waals surface area contributed by atoms with E-state index in [1.54, 1.807) is 12.1 Å². The summed E-state index contributed by atoms with van der Waals surface area (Å²) in [4.78, 5) is 35.9. The maximum absolute atomic E-state index is 13.0. The van der Waals surface area contributed by atoms with Gasteiger partial charge < -0.3 is 34.1 Å². The minimum absolute atomic E-state index is 0.126. The van der Waals surface area contributed by atoms with Crippen molar-refractivity contribution in [3.05, 3.63) is 87.9 Å². The van der Waals surface area contributed by atoms with Crippen molar-refractivity contribution in [1.29, 1.82) is 0 Å². The lowest BCUT2D eigenvalue weighted by molar-refractivity contribution is -0.198. The highest BCUT2D eigenvalue weighted by Gasteiger charge is 2.34. The molecule has 6 rings (SSSR count). The number of aliphatic hydroxyl groups is 2. The fourth-order valence-corrected chi connectivity index (χ4v) is 6.31. The van der Waals surface area contributed by atoms with Crippen molar-refractivity contribution in [2.75, 3.05) is 6.61 Å². The molecule has 1 saturated heterocycles. The molecule has 3 unspecified atom stereocenters. The summed E-state index contributed by atoms with van der Waals surface area (Å²) in [5, 5.41) is 19.6. The molecule has 1 amide bonds. The lowest BCUT2D eigenvalue weighted by Crippen LogP contribution is -2.39. The maximum Gasteiger partial charge on any atom is 0.341 e. The Hall–Kier alpha value is -3.76. The van der Waals surface area contributed by atoms with E-state index in [-0.39, 0.29) is 35.9 Å². The molecule has 1 saturated carbocycles. The van der Waals surface area contributed by atoms with E-state index in [2.05, 4.69) is 0 Å². The van der Waals surface area contributed by atoms with Gasteiger partial charge in [0.05, 0.1) is 29.4 Å². The summed E-state index contributed by atoms with van der Waals surface area (Å²) >= 11 is 6.35. The van der Waals surface area contributed by atoms with E-state index in [9.17, 15) is 19.8 Å². The van der Waals surface area contributed by atoms with E-state index in [0.29, 0.717) is 19.2 Å². The Morgan fingerprint density at radius 3 is 2.57 bits per heavy atom. The fourth-order valence-electron chi connectivity index (χ4n) is 6.11. The number of aliphatic hydroxyl groups excluding tert-OH is 2. The van der Waals surface area contributed by atoms with E-state index in [4.69, 9.17) is 30.6 Å². The fraction of sp³-hybridized carbons (Fsp3) is 0.382. The summed E-state index contributed by atoms with van der Waals surface area (Å²) < 4.78 is 17.2. The molecular formula is C34H36ClNO8. The first-order valence-electron chi connectivity index (χ1n) is 14.8. The largest absolute Gasteiger partial charge is 0.489 e. The van der Waals surface area contributed by atoms with Gasteiger partial charge in [-0.1, -0.05) is 48.7 Å². The van der Waals surface area contributed by atoms with Crippen molar-refractivity contribution in [3.63, 3.8) is 0 Å². The first kappa shape index (κ1) is 31.7. The zero-order valence-electron chi connectivity index (χ0n) is 24.3. The standard InChI is InChI=1S/C33H34ClNO7.CH2O/c34-30-11-8-22(14-29(30)33(39)42-31-16-25(37)15-27(18-36)41-31)21-5-3-4-20(12-21)19-40-26-9-10-28-23(13-26)17-35(32(28)38)24-6-1-2-7-24;1-2/h3-5,8-14,24-25,27,31,36-37H,1-2,6-7,15-19H2;1H2. The Bertz CT molecular complexity index is 1490. The average molecular weight is 622 g/mol. The molecule has 2 fully saturated rings. The number of halogens is 1. The van der Waals surface area contributed by atoms with E-state index in [1.807, 2.05) is 60.2 Å². The number of benzene rings is 3. The zero-order valence-corrected chi connectivity index (χ0v) is 25.1. The number of esters is 1. The van der Waals surface area contributed by atoms with Crippen LogP contribution in [0.1, 0.15) is 70.4 Å². The number of fused-ring (bicyclic) bond motifs is 1. The Morgan fingerprint density at radius 1 is 1.02 bits per heavy atom. The van der Waals surface area contributed by atoms with Gasteiger partial charge in [-0.25, -0.2) is 4.79 Å². The van der Waals surface area contributed by atoms with E-state index >= 15 is 0 Å². The third-order valence-electron chi connectivity index (χ3n) is 8.31. The minimum atomic E-state index is -0.971. The molecule has 1 aliphatic carbocycles. The van der Waals surface area contributed by atoms with Gasteiger partial charge in [0.1, 0.15) is 19.1 Å². The van der Waals surface area contributed by atoms with Crippen LogP contribution in [0.2, 0.25) is 5.02 Å². The van der Waals surface area contributed by atoms with Crippen LogP contribution in [0.4, 0.5) is 0 Å². The van der Waals surface area contributed by atoms with Gasteiger partial charge in [0.2, 0.25) is 6.29 Å². The van der Waals surface area contributed by atoms with Gasteiger partial charge >= 0.3 is 5.97 Å². The predicted octanol–water partition coefficient (Wildman–Crippen LogP) is 5.31. The van der Waals surface area contributed by atoms with Crippen molar-refractivity contribution in [3.8, 4) is 16.9 Å². The Labute approximate surface area is 261 Å². The Kier molecular flexibility index (Phi) is 10.3. The predicted molar refractivity (Wildman–Crippen MR) is 163 cm³/mol. The monoisotopic (exact) mass is 621 g/mol. The number of carbonyl (C=O) groups excluding carboxylic acids is 3. The second-order valence-corrected chi connectivity index (χ2v) is 11.7. The molecule has 0 bridgehead atoms. The Morgan fingerprint density at radius 2 is 1.80 bits per heavy atom. The number of hydrogen-bond acceptors (Lipinski definition) is 8. The molecule has 0 spiro atoms. The second-order valence-electron chi connectivity index (χ2n) is 11.3. The van der Waals surface area contributed by atoms with Crippen molar-refractivity contribution < 1.29 is 38.8 Å². The molecule has 3 aliphatic rings. The third-order valence-corrected chi connectivity index (χ3v) is 8.64. The SMILES string of the molecule is C=O.O=C(OC1CC(O)CC(CO)O1)c1cc(-c2cccc(COc3ccc4c(c3)CN(C3CCCC3)C4=O)c2)ccc1Cl. The molecule has 232 valence electrons. The van der Waals surface area contributed by atoms with Crippen LogP contribution >= 0.6 is 11.6 Å². The number of amides is 1. The molecule has 2 heterocycles. The average Bonchev–Trinajstić information content (AvgIpc) is 3.69. The highest BCUT2D eigenvalue weighted by Crippen LogP contribution is 2.34. The quantitative estimate of drug-likeness (QED) is 0.324. The smallest absolute Gasteiger partial charge is 0.341 e. The minimum Gasteiger partial charge on any atom is -0.489 e. The van der Waals surface area contributed by atoms with Crippen LogP contribution in [0.5, 0.6) is 5.75 Å². The van der Waals surface area contributed by atoms with Crippen LogP contribution in [0.3, 0.4) is 0 Å². The van der Waals surface area contributed by atoms with Crippen molar-refractivity contribution in [1.82, 2.24) is 4.90 Å². The molecule has 3 aromatic carbocycles. The molecule has 2 N–H and O–H groups in total. The second kappa shape index (κ2) is 14.3.